The zero-order valence-corrected chi connectivity index (χ0v) is 15.6. The van der Waals surface area contributed by atoms with Gasteiger partial charge in [0.05, 0.1) is 26.9 Å². The van der Waals surface area contributed by atoms with Gasteiger partial charge in [0, 0.05) is 24.3 Å². The monoisotopic (exact) mass is 395 g/mol. The first-order chi connectivity index (χ1) is 13.3. The molecule has 8 heteroatoms. The van der Waals surface area contributed by atoms with Gasteiger partial charge >= 0.3 is 6.18 Å². The maximum atomic E-state index is 12.7. The van der Waals surface area contributed by atoms with Crippen molar-refractivity contribution in [3.8, 4) is 17.2 Å². The van der Waals surface area contributed by atoms with Crippen LogP contribution in [-0.4, -0.2) is 27.2 Å². The molecule has 150 valence electrons. The van der Waals surface area contributed by atoms with E-state index >= 15 is 0 Å². The summed E-state index contributed by atoms with van der Waals surface area (Å²) < 4.78 is 53.9. The summed E-state index contributed by atoms with van der Waals surface area (Å²) in [6.07, 6.45) is -1.95. The molecule has 0 aliphatic rings. The van der Waals surface area contributed by atoms with Gasteiger partial charge in [0.2, 0.25) is 5.91 Å². The van der Waals surface area contributed by atoms with E-state index in [1.165, 1.54) is 45.6 Å². The van der Waals surface area contributed by atoms with Gasteiger partial charge in [0.25, 0.3) is 0 Å². The van der Waals surface area contributed by atoms with Crippen LogP contribution in [0.2, 0.25) is 0 Å². The minimum absolute atomic E-state index is 0.134. The minimum Gasteiger partial charge on any atom is -0.496 e. The average Bonchev–Trinajstić information content (AvgIpc) is 2.69. The largest absolute Gasteiger partial charge is 0.496 e. The number of methoxy groups -OCH3 is 3. The molecule has 1 amide bonds. The molecular formula is C20H20F3NO4. The SMILES string of the molecule is COc1cc(OC)c(OC)cc1CNC(=O)/C=C/c1cccc(C(F)(F)F)c1. The van der Waals surface area contributed by atoms with Crippen LogP contribution in [0, 0.1) is 0 Å². The Labute approximate surface area is 160 Å². The Hall–Kier alpha value is -3.16. The van der Waals surface area contributed by atoms with Crippen molar-refractivity contribution in [2.45, 2.75) is 12.7 Å². The lowest BCUT2D eigenvalue weighted by Crippen LogP contribution is -2.20. The highest BCUT2D eigenvalue weighted by molar-refractivity contribution is 5.91. The molecular weight excluding hydrogens is 375 g/mol. The molecule has 0 aromatic heterocycles. The normalized spacial score (nSPS) is 11.4. The fourth-order valence-corrected chi connectivity index (χ4v) is 2.46. The number of carbonyl (C=O) groups excluding carboxylic acids is 1. The fourth-order valence-electron chi connectivity index (χ4n) is 2.46. The van der Waals surface area contributed by atoms with Crippen molar-refractivity contribution >= 4 is 12.0 Å². The summed E-state index contributed by atoms with van der Waals surface area (Å²) in [5.41, 5.74) is 0.153. The molecule has 0 saturated carbocycles. The van der Waals surface area contributed by atoms with E-state index in [4.69, 9.17) is 14.2 Å². The Morgan fingerprint density at radius 2 is 1.64 bits per heavy atom. The van der Waals surface area contributed by atoms with Crippen molar-refractivity contribution in [1.29, 1.82) is 0 Å². The highest BCUT2D eigenvalue weighted by Crippen LogP contribution is 2.34. The molecule has 0 aliphatic carbocycles. The summed E-state index contributed by atoms with van der Waals surface area (Å²) in [6.45, 7) is 0.134. The van der Waals surface area contributed by atoms with Crippen molar-refractivity contribution in [2.75, 3.05) is 21.3 Å². The Kier molecular flexibility index (Phi) is 6.92. The van der Waals surface area contributed by atoms with Crippen molar-refractivity contribution in [2.24, 2.45) is 0 Å². The third-order valence-electron chi connectivity index (χ3n) is 3.88. The molecule has 2 aromatic rings. The molecule has 0 aliphatic heterocycles. The predicted octanol–water partition coefficient (Wildman–Crippen LogP) is 4.06. The molecule has 0 heterocycles. The summed E-state index contributed by atoms with van der Waals surface area (Å²) in [5, 5.41) is 2.65. The predicted molar refractivity (Wildman–Crippen MR) is 98.4 cm³/mol. The number of alkyl halides is 3. The molecule has 0 radical (unpaired) electrons. The molecule has 0 fully saturated rings. The summed E-state index contributed by atoms with van der Waals surface area (Å²) in [4.78, 5) is 12.0. The van der Waals surface area contributed by atoms with Crippen LogP contribution in [0.25, 0.3) is 6.08 Å². The number of carbonyl (C=O) groups is 1. The van der Waals surface area contributed by atoms with Gasteiger partial charge < -0.3 is 19.5 Å². The van der Waals surface area contributed by atoms with Crippen LogP contribution in [0.15, 0.2) is 42.5 Å². The van der Waals surface area contributed by atoms with Gasteiger partial charge in [-0.15, -0.1) is 0 Å². The zero-order chi connectivity index (χ0) is 20.7. The smallest absolute Gasteiger partial charge is 0.416 e. The third-order valence-corrected chi connectivity index (χ3v) is 3.88. The van der Waals surface area contributed by atoms with Gasteiger partial charge in [0.1, 0.15) is 5.75 Å². The number of hydrogen-bond donors (Lipinski definition) is 1. The first-order valence-corrected chi connectivity index (χ1v) is 8.20. The van der Waals surface area contributed by atoms with Crippen LogP contribution >= 0.6 is 0 Å². The van der Waals surface area contributed by atoms with E-state index in [1.54, 1.807) is 12.1 Å². The topological polar surface area (TPSA) is 56.8 Å². The zero-order valence-electron chi connectivity index (χ0n) is 15.6. The van der Waals surface area contributed by atoms with Crippen molar-refractivity contribution in [1.82, 2.24) is 5.32 Å². The number of amides is 1. The van der Waals surface area contributed by atoms with E-state index in [-0.39, 0.29) is 12.1 Å². The molecule has 0 saturated heterocycles. The highest BCUT2D eigenvalue weighted by Gasteiger charge is 2.30. The van der Waals surface area contributed by atoms with Gasteiger partial charge in [-0.05, 0) is 29.8 Å². The number of hydrogen-bond acceptors (Lipinski definition) is 4. The molecule has 2 rings (SSSR count). The van der Waals surface area contributed by atoms with E-state index in [1.807, 2.05) is 0 Å². The second-order valence-corrected chi connectivity index (χ2v) is 5.69. The maximum Gasteiger partial charge on any atom is 0.416 e. The first kappa shape index (κ1) is 21.1. The van der Waals surface area contributed by atoms with Crippen molar-refractivity contribution in [3.05, 3.63) is 59.2 Å². The number of halogens is 3. The molecule has 28 heavy (non-hydrogen) atoms. The molecule has 1 N–H and O–H groups in total. The molecule has 0 spiro atoms. The third kappa shape index (κ3) is 5.42. The van der Waals surface area contributed by atoms with Gasteiger partial charge in [-0.2, -0.15) is 13.2 Å². The lowest BCUT2D eigenvalue weighted by Gasteiger charge is -2.14. The van der Waals surface area contributed by atoms with Gasteiger partial charge in [-0.3, -0.25) is 4.79 Å². The molecule has 0 unspecified atom stereocenters. The summed E-state index contributed by atoms with van der Waals surface area (Å²) in [7, 11) is 4.47. The quantitative estimate of drug-likeness (QED) is 0.719. The van der Waals surface area contributed by atoms with Gasteiger partial charge in [-0.1, -0.05) is 12.1 Å². The summed E-state index contributed by atoms with van der Waals surface area (Å²) >= 11 is 0. The van der Waals surface area contributed by atoms with Crippen LogP contribution in [0.5, 0.6) is 17.2 Å². The van der Waals surface area contributed by atoms with E-state index < -0.39 is 17.6 Å². The van der Waals surface area contributed by atoms with E-state index in [0.29, 0.717) is 22.8 Å². The van der Waals surface area contributed by atoms with Crippen LogP contribution < -0.4 is 19.5 Å². The lowest BCUT2D eigenvalue weighted by molar-refractivity contribution is -0.137. The summed E-state index contributed by atoms with van der Waals surface area (Å²) in [5.74, 6) is 1.000. The van der Waals surface area contributed by atoms with E-state index in [2.05, 4.69) is 5.32 Å². The van der Waals surface area contributed by atoms with Crippen LogP contribution in [0.3, 0.4) is 0 Å². The Morgan fingerprint density at radius 1 is 1.00 bits per heavy atom. The van der Waals surface area contributed by atoms with Crippen LogP contribution in [0.4, 0.5) is 13.2 Å². The lowest BCUT2D eigenvalue weighted by atomic mass is 10.1. The molecule has 0 bridgehead atoms. The van der Waals surface area contributed by atoms with E-state index in [9.17, 15) is 18.0 Å². The van der Waals surface area contributed by atoms with Crippen LogP contribution in [-0.2, 0) is 17.5 Å². The Balaban J connectivity index is 2.07. The average molecular weight is 395 g/mol. The number of nitrogens with one attached hydrogen (secondary N) is 1. The molecule has 0 atom stereocenters. The number of ether oxygens (including phenoxy) is 3. The second kappa shape index (κ2) is 9.16. The molecule has 2 aromatic carbocycles. The first-order valence-electron chi connectivity index (χ1n) is 8.20. The number of rotatable bonds is 7. The van der Waals surface area contributed by atoms with Crippen molar-refractivity contribution in [3.63, 3.8) is 0 Å². The number of benzene rings is 2. The Bertz CT molecular complexity index is 863. The fraction of sp³-hybridized carbons (Fsp3) is 0.250. The summed E-state index contributed by atoms with van der Waals surface area (Å²) in [6, 6.07) is 8.03. The Morgan fingerprint density at radius 3 is 2.25 bits per heavy atom. The van der Waals surface area contributed by atoms with Gasteiger partial charge in [0.15, 0.2) is 11.5 Å². The maximum absolute atomic E-state index is 12.7. The standard InChI is InChI=1S/C20H20F3NO4/c1-26-16-11-18(28-3)17(27-2)10-14(16)12-24-19(25)8-7-13-5-4-6-15(9-13)20(21,22)23/h4-11H,12H2,1-3H3,(H,24,25)/b8-7+. The minimum atomic E-state index is -4.43. The molecule has 5 nitrogen and oxygen atoms in total. The highest BCUT2D eigenvalue weighted by atomic mass is 19.4. The van der Waals surface area contributed by atoms with Gasteiger partial charge in [-0.25, -0.2) is 0 Å². The van der Waals surface area contributed by atoms with E-state index in [0.717, 1.165) is 12.1 Å². The second-order valence-electron chi connectivity index (χ2n) is 5.69. The van der Waals surface area contributed by atoms with Crippen LogP contribution in [0.1, 0.15) is 16.7 Å². The van der Waals surface area contributed by atoms with Crippen molar-refractivity contribution < 1.29 is 32.2 Å².